The van der Waals surface area contributed by atoms with Gasteiger partial charge in [-0.1, -0.05) is 12.1 Å². The minimum absolute atomic E-state index is 0.0185. The molecule has 0 saturated heterocycles. The first kappa shape index (κ1) is 16.6. The molecular weight excluding hydrogens is 330 g/mol. The van der Waals surface area contributed by atoms with E-state index in [1.165, 1.54) is 12.1 Å². The van der Waals surface area contributed by atoms with Crippen molar-refractivity contribution in [2.24, 2.45) is 0 Å². The second-order valence-corrected chi connectivity index (χ2v) is 5.27. The van der Waals surface area contributed by atoms with E-state index < -0.39 is 17.6 Å². The third-order valence-corrected chi connectivity index (χ3v) is 3.73. The number of nitrogen functional groups attached to an aromatic ring is 1. The van der Waals surface area contributed by atoms with Crippen LogP contribution in [0.4, 0.5) is 14.6 Å². The van der Waals surface area contributed by atoms with Gasteiger partial charge in [0.25, 0.3) is 0 Å². The third-order valence-electron chi connectivity index (χ3n) is 3.73. The van der Waals surface area contributed by atoms with Gasteiger partial charge in [-0.2, -0.15) is 0 Å². The lowest BCUT2D eigenvalue weighted by atomic mass is 9.95. The van der Waals surface area contributed by atoms with Crippen molar-refractivity contribution in [1.29, 1.82) is 0 Å². The zero-order valence-electron chi connectivity index (χ0n) is 13.2. The van der Waals surface area contributed by atoms with E-state index in [2.05, 4.69) is 4.98 Å². The van der Waals surface area contributed by atoms with Gasteiger partial charge in [-0.25, -0.2) is 18.6 Å². The first-order chi connectivity index (χ1) is 11.9. The zero-order valence-corrected chi connectivity index (χ0v) is 13.2. The van der Waals surface area contributed by atoms with Crippen molar-refractivity contribution in [3.8, 4) is 16.9 Å². The lowest BCUT2D eigenvalue weighted by Crippen LogP contribution is -2.09. The number of hydrogen-bond donors (Lipinski definition) is 2. The molecule has 0 aliphatic rings. The maximum Gasteiger partial charge on any atom is 0.340 e. The van der Waals surface area contributed by atoms with E-state index in [0.717, 1.165) is 6.07 Å². The molecular formula is C18H14F2N2O3. The van der Waals surface area contributed by atoms with Crippen LogP contribution >= 0.6 is 0 Å². The van der Waals surface area contributed by atoms with Crippen molar-refractivity contribution < 1.29 is 23.4 Å². The number of fused-ring (bicyclic) bond motifs is 1. The Bertz CT molecular complexity index is 990. The number of hydrogen-bond acceptors (Lipinski definition) is 4. The van der Waals surface area contributed by atoms with Crippen LogP contribution in [-0.4, -0.2) is 22.7 Å². The van der Waals surface area contributed by atoms with Gasteiger partial charge in [0, 0.05) is 22.6 Å². The fourth-order valence-corrected chi connectivity index (χ4v) is 2.71. The predicted octanol–water partition coefficient (Wildman–Crippen LogP) is 3.86. The van der Waals surface area contributed by atoms with Crippen molar-refractivity contribution in [3.05, 3.63) is 53.6 Å². The van der Waals surface area contributed by atoms with E-state index in [4.69, 9.17) is 10.5 Å². The van der Waals surface area contributed by atoms with Crippen molar-refractivity contribution >= 4 is 22.7 Å². The predicted molar refractivity (Wildman–Crippen MR) is 89.6 cm³/mol. The van der Waals surface area contributed by atoms with Crippen LogP contribution in [0.5, 0.6) is 5.75 Å². The molecule has 0 atom stereocenters. The SMILES string of the molecule is CCOc1ccc2c(-c3cccc(F)c3F)c(C(=O)O)c(N)nc2c1. The molecule has 3 N–H and O–H groups in total. The van der Waals surface area contributed by atoms with Crippen LogP contribution in [0.1, 0.15) is 17.3 Å². The summed E-state index contributed by atoms with van der Waals surface area (Å²) in [5.74, 6) is -3.38. The van der Waals surface area contributed by atoms with Crippen LogP contribution in [0.3, 0.4) is 0 Å². The van der Waals surface area contributed by atoms with E-state index in [-0.39, 0.29) is 22.5 Å². The van der Waals surface area contributed by atoms with Gasteiger partial charge in [-0.05, 0) is 25.1 Å². The number of ether oxygens (including phenoxy) is 1. The monoisotopic (exact) mass is 344 g/mol. The number of benzene rings is 2. The Morgan fingerprint density at radius 3 is 2.72 bits per heavy atom. The first-order valence-electron chi connectivity index (χ1n) is 7.47. The summed E-state index contributed by atoms with van der Waals surface area (Å²) in [6, 6.07) is 8.29. The van der Waals surface area contributed by atoms with Crippen LogP contribution in [0.2, 0.25) is 0 Å². The lowest BCUT2D eigenvalue weighted by Gasteiger charge is -2.14. The van der Waals surface area contributed by atoms with Crippen LogP contribution in [0, 0.1) is 11.6 Å². The standard InChI is InChI=1S/C18H14F2N2O3/c1-2-25-9-6-7-10-13(8-9)22-17(21)15(18(23)24)14(10)11-4-3-5-12(19)16(11)20/h3-8H,2H2,1H3,(H2,21,22)(H,23,24). The highest BCUT2D eigenvalue weighted by molar-refractivity contribution is 6.10. The minimum atomic E-state index is -1.38. The van der Waals surface area contributed by atoms with Gasteiger partial charge in [-0.3, -0.25) is 0 Å². The van der Waals surface area contributed by atoms with Gasteiger partial charge in [0.1, 0.15) is 17.1 Å². The Labute approximate surface area is 141 Å². The molecule has 0 spiro atoms. The van der Waals surface area contributed by atoms with E-state index in [9.17, 15) is 18.7 Å². The highest BCUT2D eigenvalue weighted by Gasteiger charge is 2.24. The lowest BCUT2D eigenvalue weighted by molar-refractivity contribution is 0.0698. The largest absolute Gasteiger partial charge is 0.494 e. The van der Waals surface area contributed by atoms with Gasteiger partial charge >= 0.3 is 5.97 Å². The molecule has 0 fully saturated rings. The number of rotatable bonds is 4. The molecule has 3 rings (SSSR count). The molecule has 0 radical (unpaired) electrons. The maximum absolute atomic E-state index is 14.3. The number of nitrogens with zero attached hydrogens (tertiary/aromatic N) is 1. The van der Waals surface area contributed by atoms with Crippen molar-refractivity contribution in [2.45, 2.75) is 6.92 Å². The number of carbonyl (C=O) groups is 1. The Kier molecular flexibility index (Phi) is 4.22. The molecule has 3 aromatic rings. The van der Waals surface area contributed by atoms with Gasteiger partial charge < -0.3 is 15.6 Å². The fourth-order valence-electron chi connectivity index (χ4n) is 2.71. The van der Waals surface area contributed by atoms with Crippen molar-refractivity contribution in [2.75, 3.05) is 12.3 Å². The molecule has 5 nitrogen and oxygen atoms in total. The summed E-state index contributed by atoms with van der Waals surface area (Å²) in [6.07, 6.45) is 0. The Hall–Kier alpha value is -3.22. The maximum atomic E-state index is 14.3. The summed E-state index contributed by atoms with van der Waals surface area (Å²) < 4.78 is 33.4. The minimum Gasteiger partial charge on any atom is -0.494 e. The Balaban J connectivity index is 2.43. The number of nitrogens with two attached hydrogens (primary N) is 1. The molecule has 2 aromatic carbocycles. The summed E-state index contributed by atoms with van der Waals surface area (Å²) in [4.78, 5) is 15.7. The quantitative estimate of drug-likeness (QED) is 0.751. The highest BCUT2D eigenvalue weighted by atomic mass is 19.2. The van der Waals surface area contributed by atoms with E-state index in [1.54, 1.807) is 18.2 Å². The molecule has 0 aliphatic heterocycles. The number of aromatic nitrogens is 1. The summed E-state index contributed by atoms with van der Waals surface area (Å²) in [5, 5.41) is 9.84. The normalized spacial score (nSPS) is 10.8. The fraction of sp³-hybridized carbons (Fsp3) is 0.111. The van der Waals surface area contributed by atoms with Crippen LogP contribution < -0.4 is 10.5 Å². The molecule has 128 valence electrons. The summed E-state index contributed by atoms with van der Waals surface area (Å²) >= 11 is 0. The molecule has 0 saturated carbocycles. The third kappa shape index (κ3) is 2.84. The number of pyridine rings is 1. The number of anilines is 1. The zero-order chi connectivity index (χ0) is 18.1. The van der Waals surface area contributed by atoms with Crippen molar-refractivity contribution in [1.82, 2.24) is 4.98 Å². The first-order valence-corrected chi connectivity index (χ1v) is 7.47. The average molecular weight is 344 g/mol. The van der Waals surface area contributed by atoms with E-state index >= 15 is 0 Å². The smallest absolute Gasteiger partial charge is 0.340 e. The highest BCUT2D eigenvalue weighted by Crippen LogP contribution is 2.37. The average Bonchev–Trinajstić information content (AvgIpc) is 2.56. The van der Waals surface area contributed by atoms with Crippen LogP contribution in [0.25, 0.3) is 22.0 Å². The Morgan fingerprint density at radius 1 is 1.28 bits per heavy atom. The number of carboxylic acids is 1. The molecule has 0 amide bonds. The molecule has 25 heavy (non-hydrogen) atoms. The van der Waals surface area contributed by atoms with Gasteiger partial charge in [-0.15, -0.1) is 0 Å². The molecule has 1 heterocycles. The second kappa shape index (κ2) is 6.35. The van der Waals surface area contributed by atoms with Crippen LogP contribution in [-0.2, 0) is 0 Å². The summed E-state index contributed by atoms with van der Waals surface area (Å²) in [7, 11) is 0. The Morgan fingerprint density at radius 2 is 2.04 bits per heavy atom. The van der Waals surface area contributed by atoms with Crippen molar-refractivity contribution in [3.63, 3.8) is 0 Å². The van der Waals surface area contributed by atoms with Crippen LogP contribution in [0.15, 0.2) is 36.4 Å². The van der Waals surface area contributed by atoms with E-state index in [0.29, 0.717) is 23.3 Å². The van der Waals surface area contributed by atoms with Gasteiger partial charge in [0.15, 0.2) is 11.6 Å². The molecule has 0 bridgehead atoms. The molecule has 0 aliphatic carbocycles. The number of aromatic carboxylic acids is 1. The van der Waals surface area contributed by atoms with E-state index in [1.807, 2.05) is 6.92 Å². The number of carboxylic acid groups (broad SMARTS) is 1. The molecule has 1 aromatic heterocycles. The summed E-state index contributed by atoms with van der Waals surface area (Å²) in [5.41, 5.74) is 5.53. The molecule has 0 unspecified atom stereocenters. The summed E-state index contributed by atoms with van der Waals surface area (Å²) in [6.45, 7) is 2.24. The van der Waals surface area contributed by atoms with Gasteiger partial charge in [0.2, 0.25) is 0 Å². The molecule has 7 heteroatoms. The number of halogens is 2. The van der Waals surface area contributed by atoms with Gasteiger partial charge in [0.05, 0.1) is 12.1 Å². The topological polar surface area (TPSA) is 85.4 Å². The second-order valence-electron chi connectivity index (χ2n) is 5.27.